The fraction of sp³-hybridized carbons (Fsp3) is 0.400. The number of rotatable bonds is 4. The second-order valence-corrected chi connectivity index (χ2v) is 7.00. The van der Waals surface area contributed by atoms with Crippen LogP contribution in [-0.4, -0.2) is 17.8 Å². The van der Waals surface area contributed by atoms with E-state index in [-0.39, 0.29) is 6.61 Å². The minimum atomic E-state index is -3.51. The van der Waals surface area contributed by atoms with Gasteiger partial charge in [0.2, 0.25) is 6.35 Å². The first-order valence-corrected chi connectivity index (χ1v) is 8.69. The molecular weight excluding hydrogens is 314 g/mol. The van der Waals surface area contributed by atoms with Gasteiger partial charge in [-0.3, -0.25) is 9.09 Å². The van der Waals surface area contributed by atoms with Gasteiger partial charge in [-0.15, -0.1) is 9.42 Å². The summed E-state index contributed by atoms with van der Waals surface area (Å²) in [4.78, 5) is 8.55. The monoisotopic (exact) mass is 325 g/mol. The zero-order chi connectivity index (χ0) is 13.9. The van der Waals surface area contributed by atoms with E-state index < -0.39 is 28.3 Å². The van der Waals surface area contributed by atoms with Crippen LogP contribution in [0.3, 0.4) is 0 Å². The van der Waals surface area contributed by atoms with E-state index in [9.17, 15) is 9.13 Å². The second-order valence-electron chi connectivity index (χ2n) is 3.88. The van der Waals surface area contributed by atoms with Crippen molar-refractivity contribution in [2.24, 2.45) is 0 Å². The van der Waals surface area contributed by atoms with Crippen LogP contribution in [0.5, 0.6) is 0 Å². The molecule has 0 saturated carbocycles. The molecular formula is C10H12ClO6P2+. The largest absolute Gasteiger partial charge is 0.695 e. The van der Waals surface area contributed by atoms with Crippen molar-refractivity contribution >= 4 is 27.5 Å². The van der Waals surface area contributed by atoms with E-state index in [1.807, 2.05) is 0 Å². The summed E-state index contributed by atoms with van der Waals surface area (Å²) >= 11 is 5.89. The van der Waals surface area contributed by atoms with Gasteiger partial charge >= 0.3 is 15.9 Å². The van der Waals surface area contributed by atoms with Crippen LogP contribution in [0.4, 0.5) is 0 Å². The molecule has 2 rings (SSSR count). The van der Waals surface area contributed by atoms with Crippen molar-refractivity contribution in [1.82, 2.24) is 0 Å². The van der Waals surface area contributed by atoms with Gasteiger partial charge in [-0.1, -0.05) is 23.7 Å². The van der Waals surface area contributed by atoms with Crippen LogP contribution >= 0.6 is 27.5 Å². The van der Waals surface area contributed by atoms with Gasteiger partial charge < -0.3 is 4.52 Å². The molecule has 1 aliphatic rings. The topological polar surface area (TPSA) is 82.1 Å². The normalized spacial score (nSPS) is 28.1. The third-order valence-electron chi connectivity index (χ3n) is 2.50. The summed E-state index contributed by atoms with van der Waals surface area (Å²) in [6, 6.07) is 7.01. The first-order chi connectivity index (χ1) is 8.98. The highest BCUT2D eigenvalue weighted by atomic mass is 35.5. The maximum absolute atomic E-state index is 12.2. The van der Waals surface area contributed by atoms with Crippen molar-refractivity contribution in [3.05, 3.63) is 34.9 Å². The highest BCUT2D eigenvalue weighted by Gasteiger charge is 2.37. The number of hydrogen-bond acceptors (Lipinski definition) is 5. The maximum Gasteiger partial charge on any atom is 0.695 e. The van der Waals surface area contributed by atoms with Crippen LogP contribution < -0.4 is 0 Å². The molecule has 9 heteroatoms. The van der Waals surface area contributed by atoms with E-state index in [0.717, 1.165) is 5.56 Å². The summed E-state index contributed by atoms with van der Waals surface area (Å²) in [6.07, 6.45) is -0.454. The molecule has 1 aromatic rings. The van der Waals surface area contributed by atoms with E-state index in [4.69, 9.17) is 25.5 Å². The standard InChI is InChI=1S/C10H11ClO6P2/c11-9-3-1-2-8(6-9)10-4-5-16-19(14,17-10)7-15-18(12)13/h1-3,6,10H,4-5,7H2/p+1/t10-,19?/m0/s1. The van der Waals surface area contributed by atoms with Gasteiger partial charge in [0.1, 0.15) is 0 Å². The van der Waals surface area contributed by atoms with Crippen LogP contribution in [-0.2, 0) is 22.7 Å². The van der Waals surface area contributed by atoms with E-state index in [1.54, 1.807) is 24.3 Å². The number of halogens is 1. The molecule has 1 N–H and O–H groups in total. The zero-order valence-electron chi connectivity index (χ0n) is 9.77. The third kappa shape index (κ3) is 4.33. The molecule has 6 nitrogen and oxygen atoms in total. The molecule has 0 bridgehead atoms. The van der Waals surface area contributed by atoms with Crippen LogP contribution in [0, 0.1) is 0 Å². The Morgan fingerprint density at radius 2 is 2.37 bits per heavy atom. The summed E-state index contributed by atoms with van der Waals surface area (Å²) < 4.78 is 37.4. The van der Waals surface area contributed by atoms with Crippen molar-refractivity contribution < 1.29 is 27.6 Å². The van der Waals surface area contributed by atoms with E-state index in [2.05, 4.69) is 4.52 Å². The molecule has 2 unspecified atom stereocenters. The fourth-order valence-electron chi connectivity index (χ4n) is 1.70. The Kier molecular flexibility index (Phi) is 5.09. The maximum atomic E-state index is 12.2. The van der Waals surface area contributed by atoms with Crippen LogP contribution in [0.15, 0.2) is 24.3 Å². The molecule has 1 fully saturated rings. The Morgan fingerprint density at radius 3 is 3.05 bits per heavy atom. The summed E-state index contributed by atoms with van der Waals surface area (Å²) in [5.41, 5.74) is 0.782. The quantitative estimate of drug-likeness (QED) is 0.851. The summed E-state index contributed by atoms with van der Waals surface area (Å²) in [6.45, 7) is 0.222. The van der Waals surface area contributed by atoms with Gasteiger partial charge in [0, 0.05) is 16.0 Å². The lowest BCUT2D eigenvalue weighted by atomic mass is 10.1. The van der Waals surface area contributed by atoms with Crippen molar-refractivity contribution in [2.45, 2.75) is 12.5 Å². The van der Waals surface area contributed by atoms with E-state index in [1.165, 1.54) is 0 Å². The van der Waals surface area contributed by atoms with Crippen molar-refractivity contribution in [3.8, 4) is 0 Å². The molecule has 104 valence electrons. The molecule has 1 aromatic carbocycles. The van der Waals surface area contributed by atoms with Gasteiger partial charge in [-0.25, -0.2) is 0 Å². The Bertz CT molecular complexity index is 522. The zero-order valence-corrected chi connectivity index (χ0v) is 12.3. The van der Waals surface area contributed by atoms with E-state index in [0.29, 0.717) is 11.4 Å². The van der Waals surface area contributed by atoms with E-state index >= 15 is 0 Å². The summed E-state index contributed by atoms with van der Waals surface area (Å²) in [7, 11) is -6.35. The first kappa shape index (κ1) is 15.1. The Balaban J connectivity index is 2.08. The molecule has 0 radical (unpaired) electrons. The Hall–Kier alpha value is -0.320. The average Bonchev–Trinajstić information content (AvgIpc) is 2.37. The predicted molar refractivity (Wildman–Crippen MR) is 69.2 cm³/mol. The van der Waals surface area contributed by atoms with Crippen LogP contribution in [0.1, 0.15) is 18.1 Å². The average molecular weight is 326 g/mol. The van der Waals surface area contributed by atoms with Crippen molar-refractivity contribution in [3.63, 3.8) is 0 Å². The molecule has 3 atom stereocenters. The van der Waals surface area contributed by atoms with Crippen LogP contribution in [0.2, 0.25) is 5.02 Å². The predicted octanol–water partition coefficient (Wildman–Crippen LogP) is 3.63. The first-order valence-electron chi connectivity index (χ1n) is 5.45. The van der Waals surface area contributed by atoms with Crippen LogP contribution in [0.25, 0.3) is 0 Å². The van der Waals surface area contributed by atoms with Gasteiger partial charge in [0.05, 0.1) is 12.7 Å². The van der Waals surface area contributed by atoms with Gasteiger partial charge in [0.15, 0.2) is 0 Å². The minimum absolute atomic E-state index is 0.222. The smallest absolute Gasteiger partial charge is 0.307 e. The molecule has 0 aromatic heterocycles. The molecule has 1 aliphatic heterocycles. The lowest BCUT2D eigenvalue weighted by Crippen LogP contribution is -2.15. The van der Waals surface area contributed by atoms with Crippen molar-refractivity contribution in [1.29, 1.82) is 0 Å². The fourth-order valence-corrected chi connectivity index (χ4v) is 4.05. The lowest BCUT2D eigenvalue weighted by Gasteiger charge is -2.28. The number of benzene rings is 1. The molecule has 19 heavy (non-hydrogen) atoms. The van der Waals surface area contributed by atoms with Crippen molar-refractivity contribution in [2.75, 3.05) is 13.0 Å². The molecule has 1 saturated heterocycles. The molecule has 0 aliphatic carbocycles. The lowest BCUT2D eigenvalue weighted by molar-refractivity contribution is 0.0721. The van der Waals surface area contributed by atoms with Gasteiger partial charge in [-0.05, 0) is 17.7 Å². The van der Waals surface area contributed by atoms with Gasteiger partial charge in [0.25, 0.3) is 0 Å². The molecule has 1 heterocycles. The third-order valence-corrected chi connectivity index (χ3v) is 4.89. The SMILES string of the molecule is O=[P+](O)OCP1(=O)OCC[C@@H](c2cccc(Cl)c2)O1. The van der Waals surface area contributed by atoms with Gasteiger partial charge in [-0.2, -0.15) is 0 Å². The number of hydrogen-bond donors (Lipinski definition) is 1. The molecule has 0 spiro atoms. The Labute approximate surface area is 116 Å². The second kappa shape index (κ2) is 6.42. The highest BCUT2D eigenvalue weighted by Crippen LogP contribution is 2.56. The summed E-state index contributed by atoms with van der Waals surface area (Å²) in [5, 5.41) is 0.553. The Morgan fingerprint density at radius 1 is 1.58 bits per heavy atom. The minimum Gasteiger partial charge on any atom is -0.307 e. The summed E-state index contributed by atoms with van der Waals surface area (Å²) in [5.74, 6) is 0. The highest BCUT2D eigenvalue weighted by molar-refractivity contribution is 7.54. The molecule has 0 amide bonds.